The molecule has 6 aromatic rings. The van der Waals surface area contributed by atoms with Gasteiger partial charge in [0.05, 0.1) is 9.52 Å². The summed E-state index contributed by atoms with van der Waals surface area (Å²) < 4.78 is 0. The fourth-order valence-electron chi connectivity index (χ4n) is 6.15. The molecule has 6 aromatic carbocycles. The van der Waals surface area contributed by atoms with Gasteiger partial charge in [0.1, 0.15) is 0 Å². The van der Waals surface area contributed by atoms with Crippen molar-refractivity contribution in [1.82, 2.24) is 0 Å². The van der Waals surface area contributed by atoms with Crippen LogP contribution in [0, 0.1) is 12.0 Å². The van der Waals surface area contributed by atoms with Crippen molar-refractivity contribution in [2.24, 2.45) is 5.92 Å². The monoisotopic (exact) mass is 718 g/mol. The zero-order valence-corrected chi connectivity index (χ0v) is 31.6. The molecule has 0 atom stereocenters. The Hall–Kier alpha value is -2.61. The minimum absolute atomic E-state index is 0.0722. The van der Waals surface area contributed by atoms with Crippen LogP contribution in [0.15, 0.2) is 121 Å². The van der Waals surface area contributed by atoms with Crippen LogP contribution >= 0.6 is 17.0 Å². The van der Waals surface area contributed by atoms with Gasteiger partial charge in [-0.15, -0.1) is 40.1 Å². The summed E-state index contributed by atoms with van der Waals surface area (Å²) in [5.74, 6) is 0.661. The van der Waals surface area contributed by atoms with Crippen LogP contribution in [-0.4, -0.2) is 9.52 Å². The predicted molar refractivity (Wildman–Crippen MR) is 195 cm³/mol. The molecule has 224 valence electrons. The summed E-state index contributed by atoms with van der Waals surface area (Å²) in [6.45, 7) is 11.6. The third kappa shape index (κ3) is 8.04. The fourth-order valence-corrected chi connectivity index (χ4v) is 7.45. The quantitative estimate of drug-likeness (QED) is 0.125. The normalized spacial score (nSPS) is 11.6. The van der Waals surface area contributed by atoms with Gasteiger partial charge < -0.3 is 0 Å². The van der Waals surface area contributed by atoms with Crippen LogP contribution < -0.4 is 10.4 Å². The Morgan fingerprint density at radius 3 is 2.07 bits per heavy atom. The molecule has 0 spiro atoms. The molecule has 0 nitrogen and oxygen atoms in total. The van der Waals surface area contributed by atoms with Crippen LogP contribution in [0.3, 0.4) is 0 Å². The molecule has 45 heavy (non-hydrogen) atoms. The molecule has 0 aromatic heterocycles. The SMILES string of the molecule is CC(C)Cc1cc2c(-c3ccccc3-c3ccccc3)c(C(C)(C)C)ccc2[cH-]1.[Cl][Zr+2][Cl].[c-]1cccc2c1[Si]c1ccccc1-2. The minimum atomic E-state index is -0.826. The molecule has 0 saturated carbocycles. The Kier molecular flexibility index (Phi) is 11.5. The Labute approximate surface area is 290 Å². The Morgan fingerprint density at radius 1 is 0.756 bits per heavy atom. The molecule has 7 rings (SSSR count). The molecule has 0 N–H and O–H groups in total. The fraction of sp³-hybridized carbons (Fsp3) is 0.195. The predicted octanol–water partition coefficient (Wildman–Crippen LogP) is 10.9. The van der Waals surface area contributed by atoms with E-state index in [1.54, 1.807) is 0 Å². The van der Waals surface area contributed by atoms with Gasteiger partial charge in [-0.05, 0) is 34.4 Å². The van der Waals surface area contributed by atoms with Crippen molar-refractivity contribution in [2.45, 2.75) is 46.5 Å². The van der Waals surface area contributed by atoms with Crippen LogP contribution in [-0.2, 0) is 32.7 Å². The van der Waals surface area contributed by atoms with Crippen molar-refractivity contribution in [2.75, 3.05) is 0 Å². The van der Waals surface area contributed by atoms with Gasteiger partial charge in [0, 0.05) is 0 Å². The summed E-state index contributed by atoms with van der Waals surface area (Å²) in [4.78, 5) is 0. The maximum Gasteiger partial charge on any atom is 0.0920 e. The second kappa shape index (κ2) is 15.3. The van der Waals surface area contributed by atoms with Gasteiger partial charge in [-0.2, -0.15) is 35.5 Å². The maximum absolute atomic E-state index is 4.93. The van der Waals surface area contributed by atoms with E-state index < -0.39 is 20.8 Å². The molecule has 0 fully saturated rings. The van der Waals surface area contributed by atoms with Gasteiger partial charge in [-0.3, -0.25) is 0 Å². The van der Waals surface area contributed by atoms with E-state index >= 15 is 0 Å². The summed E-state index contributed by atoms with van der Waals surface area (Å²) in [6, 6.07) is 47.3. The minimum Gasteiger partial charge on any atom is -0.184 e. The summed E-state index contributed by atoms with van der Waals surface area (Å²) in [7, 11) is 10.7. The van der Waals surface area contributed by atoms with E-state index in [1.165, 1.54) is 65.7 Å². The Morgan fingerprint density at radius 2 is 1.38 bits per heavy atom. The van der Waals surface area contributed by atoms with Crippen molar-refractivity contribution >= 4 is 47.7 Å². The summed E-state index contributed by atoms with van der Waals surface area (Å²) in [6.07, 6.45) is 1.12. The third-order valence-electron chi connectivity index (χ3n) is 8.02. The number of hydrogen-bond acceptors (Lipinski definition) is 0. The first kappa shape index (κ1) is 33.7. The van der Waals surface area contributed by atoms with Crippen molar-refractivity contribution in [1.29, 1.82) is 0 Å². The number of hydrogen-bond donors (Lipinski definition) is 0. The van der Waals surface area contributed by atoms with Gasteiger partial charge in [-0.1, -0.05) is 135 Å². The molecule has 0 amide bonds. The second-order valence-corrected chi connectivity index (χ2v) is 17.8. The molecule has 2 radical (unpaired) electrons. The van der Waals surface area contributed by atoms with Crippen LogP contribution in [0.25, 0.3) is 44.2 Å². The Balaban J connectivity index is 0.000000206. The van der Waals surface area contributed by atoms with Gasteiger partial charge in [0.2, 0.25) is 0 Å². The van der Waals surface area contributed by atoms with Crippen molar-refractivity contribution in [3.8, 4) is 33.4 Å². The van der Waals surface area contributed by atoms with Gasteiger partial charge >= 0.3 is 37.9 Å². The topological polar surface area (TPSA) is 0 Å². The molecule has 0 bridgehead atoms. The average Bonchev–Trinajstić information content (AvgIpc) is 3.62. The van der Waals surface area contributed by atoms with Crippen molar-refractivity contribution < 1.29 is 20.8 Å². The molecule has 0 saturated heterocycles. The van der Waals surface area contributed by atoms with E-state index in [0.717, 1.165) is 15.9 Å². The van der Waals surface area contributed by atoms with Crippen LogP contribution in [0.4, 0.5) is 0 Å². The largest absolute Gasteiger partial charge is 0.184 e. The first-order chi connectivity index (χ1) is 21.7. The zero-order valence-electron chi connectivity index (χ0n) is 26.6. The Bertz CT molecular complexity index is 1820. The van der Waals surface area contributed by atoms with Crippen LogP contribution in [0.2, 0.25) is 0 Å². The van der Waals surface area contributed by atoms with E-state index in [-0.39, 0.29) is 5.41 Å². The summed E-state index contributed by atoms with van der Waals surface area (Å²) in [5.41, 5.74) is 11.0. The van der Waals surface area contributed by atoms with E-state index in [9.17, 15) is 0 Å². The first-order valence-corrected chi connectivity index (χ1v) is 22.7. The van der Waals surface area contributed by atoms with Crippen LogP contribution in [0.5, 0.6) is 0 Å². The van der Waals surface area contributed by atoms with Gasteiger partial charge in [0.15, 0.2) is 0 Å². The van der Waals surface area contributed by atoms with Gasteiger partial charge in [0.25, 0.3) is 0 Å². The molecular weight excluding hydrogens is 683 g/mol. The van der Waals surface area contributed by atoms with Crippen LogP contribution in [0.1, 0.15) is 45.7 Å². The standard InChI is InChI=1S/C29H31.C12H7Si.2ClH.Zr/c1-20(2)17-21-18-23-15-16-27(29(3,4)5)28(26(23)19-21)25-14-10-9-13-24(25)22-11-7-6-8-12-22;1-3-7-11-9(5-1)10-6-2-4-8-12(10)13-11;;;/h6-16,18-20H,17H2,1-5H3;1-7H;2*1H;/q2*-1;;;+4/p-2. The molecule has 1 heterocycles. The molecule has 0 aliphatic carbocycles. The van der Waals surface area contributed by atoms with Crippen molar-refractivity contribution in [3.05, 3.63) is 139 Å². The first-order valence-electron chi connectivity index (χ1n) is 15.4. The number of benzene rings is 5. The molecule has 4 heteroatoms. The van der Waals surface area contributed by atoms with E-state index in [0.29, 0.717) is 5.92 Å². The van der Waals surface area contributed by atoms with E-state index in [4.69, 9.17) is 17.0 Å². The zero-order chi connectivity index (χ0) is 32.0. The van der Waals surface area contributed by atoms with E-state index in [1.807, 2.05) is 6.07 Å². The molecule has 1 aliphatic rings. The second-order valence-electron chi connectivity index (χ2n) is 12.8. The average molecular weight is 721 g/mol. The number of fused-ring (bicyclic) bond motifs is 4. The summed E-state index contributed by atoms with van der Waals surface area (Å²) >= 11 is -0.826. The maximum atomic E-state index is 4.93. The molecule has 1 aliphatic heterocycles. The van der Waals surface area contributed by atoms with Crippen molar-refractivity contribution in [3.63, 3.8) is 0 Å². The third-order valence-corrected chi connectivity index (χ3v) is 9.39. The molecular formula is C41H38Cl2SiZr. The smallest absolute Gasteiger partial charge is 0.0920 e. The summed E-state index contributed by atoms with van der Waals surface area (Å²) in [5, 5.41) is 5.56. The number of rotatable bonds is 4. The van der Waals surface area contributed by atoms with Gasteiger partial charge in [-0.25, -0.2) is 0 Å². The molecule has 0 unspecified atom stereocenters. The van der Waals surface area contributed by atoms with E-state index in [2.05, 4.69) is 156 Å². The number of halogens is 2.